The highest BCUT2D eigenvalue weighted by atomic mass is 16.5. The van der Waals surface area contributed by atoms with E-state index in [4.69, 9.17) is 4.74 Å². The van der Waals surface area contributed by atoms with Crippen molar-refractivity contribution < 1.29 is 24.9 Å². The molecule has 6 heteroatoms. The van der Waals surface area contributed by atoms with Gasteiger partial charge < -0.3 is 25.4 Å². The minimum Gasteiger partial charge on any atom is -0.508 e. The van der Waals surface area contributed by atoms with Gasteiger partial charge in [-0.15, -0.1) is 0 Å². The summed E-state index contributed by atoms with van der Waals surface area (Å²) in [5, 5.41) is 32.4. The Kier molecular flexibility index (Phi) is 8.61. The highest BCUT2D eigenvalue weighted by Gasteiger charge is 2.21. The standard InChI is InChI=1S/C20H27NO5/c1-5-7-15(12-22)8-6-9-16(13(2)23)17-10-18(21-14(3)24)20(26-4)11-19(17)25/h5-11,13,16,22-23,25H,12H2,1-4H3,(H,21,24)/b7-5-,9-6+,15-8-/t13-,16-/m1/s1. The number of ether oxygens (including phenoxy) is 1. The van der Waals surface area contributed by atoms with Gasteiger partial charge in [-0.05, 0) is 25.5 Å². The summed E-state index contributed by atoms with van der Waals surface area (Å²) in [7, 11) is 1.44. The first kappa shape index (κ1) is 21.5. The van der Waals surface area contributed by atoms with Gasteiger partial charge in [0.2, 0.25) is 5.91 Å². The van der Waals surface area contributed by atoms with Gasteiger partial charge in [0.05, 0.1) is 25.5 Å². The Morgan fingerprint density at radius 3 is 2.58 bits per heavy atom. The first-order chi connectivity index (χ1) is 12.3. The predicted molar refractivity (Wildman–Crippen MR) is 103 cm³/mol. The number of aliphatic hydroxyl groups is 2. The van der Waals surface area contributed by atoms with Gasteiger partial charge in [0.1, 0.15) is 11.5 Å². The molecule has 0 aromatic heterocycles. The zero-order valence-corrected chi connectivity index (χ0v) is 15.6. The summed E-state index contributed by atoms with van der Waals surface area (Å²) in [4.78, 5) is 11.4. The second kappa shape index (κ2) is 10.4. The lowest BCUT2D eigenvalue weighted by molar-refractivity contribution is -0.114. The van der Waals surface area contributed by atoms with E-state index in [0.29, 0.717) is 22.6 Å². The van der Waals surface area contributed by atoms with Crippen molar-refractivity contribution in [3.63, 3.8) is 0 Å². The molecule has 6 nitrogen and oxygen atoms in total. The molecule has 0 spiro atoms. The largest absolute Gasteiger partial charge is 0.508 e. The topological polar surface area (TPSA) is 99.0 Å². The molecular formula is C20H27NO5. The lowest BCUT2D eigenvalue weighted by Gasteiger charge is -2.20. The zero-order chi connectivity index (χ0) is 19.7. The lowest BCUT2D eigenvalue weighted by atomic mass is 9.92. The van der Waals surface area contributed by atoms with Crippen LogP contribution in [0.1, 0.15) is 32.3 Å². The van der Waals surface area contributed by atoms with Crippen LogP contribution in [-0.2, 0) is 4.79 Å². The van der Waals surface area contributed by atoms with Crippen LogP contribution in [0, 0.1) is 0 Å². The number of aliphatic hydroxyl groups excluding tert-OH is 2. The maximum atomic E-state index is 11.4. The molecule has 0 radical (unpaired) electrons. The molecule has 2 atom stereocenters. The SMILES string of the molecule is C\C=C/C(=C/C=C/[C@@H](c1cc(NC(C)=O)c(OC)cc1O)[C@@H](C)O)CO. The number of aromatic hydroxyl groups is 1. The Hall–Kier alpha value is -2.57. The van der Waals surface area contributed by atoms with Gasteiger partial charge in [-0.3, -0.25) is 4.79 Å². The maximum absolute atomic E-state index is 11.4. The van der Waals surface area contributed by atoms with E-state index in [1.165, 1.54) is 20.1 Å². The van der Waals surface area contributed by atoms with Crippen LogP contribution in [0.2, 0.25) is 0 Å². The minimum absolute atomic E-state index is 0.0497. The molecule has 142 valence electrons. The van der Waals surface area contributed by atoms with E-state index in [2.05, 4.69) is 5.32 Å². The van der Waals surface area contributed by atoms with Crippen LogP contribution < -0.4 is 10.1 Å². The molecular weight excluding hydrogens is 334 g/mol. The molecule has 1 aromatic rings. The van der Waals surface area contributed by atoms with Crippen LogP contribution in [0.4, 0.5) is 5.69 Å². The van der Waals surface area contributed by atoms with Crippen molar-refractivity contribution >= 4 is 11.6 Å². The third-order valence-electron chi connectivity index (χ3n) is 3.73. The molecule has 0 saturated carbocycles. The molecule has 0 saturated heterocycles. The third-order valence-corrected chi connectivity index (χ3v) is 3.73. The monoisotopic (exact) mass is 361 g/mol. The van der Waals surface area contributed by atoms with Crippen molar-refractivity contribution in [3.8, 4) is 11.5 Å². The quantitative estimate of drug-likeness (QED) is 0.421. The van der Waals surface area contributed by atoms with E-state index in [0.717, 1.165) is 0 Å². The number of methoxy groups -OCH3 is 1. The molecule has 0 bridgehead atoms. The average molecular weight is 361 g/mol. The maximum Gasteiger partial charge on any atom is 0.221 e. The normalized spacial score (nSPS) is 14.6. The minimum atomic E-state index is -0.789. The summed E-state index contributed by atoms with van der Waals surface area (Å²) < 4.78 is 5.18. The van der Waals surface area contributed by atoms with E-state index < -0.39 is 12.0 Å². The molecule has 0 aliphatic heterocycles. The Bertz CT molecular complexity index is 704. The molecule has 0 fully saturated rings. The van der Waals surface area contributed by atoms with Gasteiger partial charge >= 0.3 is 0 Å². The molecule has 1 aromatic carbocycles. The number of anilines is 1. The number of benzene rings is 1. The van der Waals surface area contributed by atoms with Crippen LogP contribution >= 0.6 is 0 Å². The number of carbonyl (C=O) groups is 1. The first-order valence-corrected chi connectivity index (χ1v) is 8.31. The molecule has 26 heavy (non-hydrogen) atoms. The summed E-state index contributed by atoms with van der Waals surface area (Å²) >= 11 is 0. The highest BCUT2D eigenvalue weighted by molar-refractivity contribution is 5.90. The van der Waals surface area contributed by atoms with Crippen molar-refractivity contribution in [2.24, 2.45) is 0 Å². The number of nitrogens with one attached hydrogen (secondary N) is 1. The van der Waals surface area contributed by atoms with E-state index in [1.807, 2.05) is 13.0 Å². The van der Waals surface area contributed by atoms with E-state index >= 15 is 0 Å². The van der Waals surface area contributed by atoms with Gasteiger partial charge in [0, 0.05) is 24.5 Å². The fourth-order valence-corrected chi connectivity index (χ4v) is 2.51. The van der Waals surface area contributed by atoms with Crippen molar-refractivity contribution in [1.29, 1.82) is 0 Å². The number of phenols is 1. The van der Waals surface area contributed by atoms with Gasteiger partial charge in [-0.2, -0.15) is 0 Å². The molecule has 0 aliphatic rings. The number of hydrogen-bond donors (Lipinski definition) is 4. The molecule has 0 unspecified atom stereocenters. The summed E-state index contributed by atoms with van der Waals surface area (Å²) in [5.41, 5.74) is 1.57. The van der Waals surface area contributed by atoms with Crippen molar-refractivity contribution in [2.75, 3.05) is 19.0 Å². The number of hydrogen-bond acceptors (Lipinski definition) is 5. The average Bonchev–Trinajstić information content (AvgIpc) is 2.58. The van der Waals surface area contributed by atoms with Crippen molar-refractivity contribution in [1.82, 2.24) is 0 Å². The van der Waals surface area contributed by atoms with Crippen molar-refractivity contribution in [3.05, 3.63) is 53.6 Å². The molecule has 1 amide bonds. The summed E-state index contributed by atoms with van der Waals surface area (Å²) in [6, 6.07) is 2.98. The molecule has 0 heterocycles. The van der Waals surface area contributed by atoms with E-state index in [9.17, 15) is 20.1 Å². The van der Waals surface area contributed by atoms with E-state index in [-0.39, 0.29) is 18.3 Å². The molecule has 1 rings (SSSR count). The number of allylic oxidation sites excluding steroid dienone is 3. The second-order valence-electron chi connectivity index (χ2n) is 5.84. The smallest absolute Gasteiger partial charge is 0.221 e. The van der Waals surface area contributed by atoms with Crippen LogP contribution in [0.25, 0.3) is 0 Å². The van der Waals surface area contributed by atoms with Gasteiger partial charge in [-0.25, -0.2) is 0 Å². The number of phenolic OH excluding ortho intramolecular Hbond substituents is 1. The molecule has 4 N–H and O–H groups in total. The van der Waals surface area contributed by atoms with Gasteiger partial charge in [0.15, 0.2) is 0 Å². The van der Waals surface area contributed by atoms with Crippen LogP contribution in [0.15, 0.2) is 48.1 Å². The van der Waals surface area contributed by atoms with Gasteiger partial charge in [0.25, 0.3) is 0 Å². The summed E-state index contributed by atoms with van der Waals surface area (Å²) in [5.74, 6) is -0.516. The van der Waals surface area contributed by atoms with E-state index in [1.54, 1.807) is 37.3 Å². The predicted octanol–water partition coefficient (Wildman–Crippen LogP) is 2.87. The Labute approximate surface area is 154 Å². The number of rotatable bonds is 8. The Balaban J connectivity index is 3.30. The fourth-order valence-electron chi connectivity index (χ4n) is 2.51. The Morgan fingerprint density at radius 2 is 2.08 bits per heavy atom. The first-order valence-electron chi connectivity index (χ1n) is 8.31. The summed E-state index contributed by atoms with van der Waals surface area (Å²) in [6.07, 6.45) is 7.97. The number of amides is 1. The van der Waals surface area contributed by atoms with Crippen LogP contribution in [-0.4, -0.2) is 41.0 Å². The van der Waals surface area contributed by atoms with Gasteiger partial charge in [-0.1, -0.05) is 30.4 Å². The Morgan fingerprint density at radius 1 is 1.38 bits per heavy atom. The molecule has 0 aliphatic carbocycles. The lowest BCUT2D eigenvalue weighted by Crippen LogP contribution is -2.14. The number of carbonyl (C=O) groups excluding carboxylic acids is 1. The van der Waals surface area contributed by atoms with Crippen LogP contribution in [0.5, 0.6) is 11.5 Å². The second-order valence-corrected chi connectivity index (χ2v) is 5.84. The highest BCUT2D eigenvalue weighted by Crippen LogP contribution is 2.38. The van der Waals surface area contributed by atoms with Crippen molar-refractivity contribution in [2.45, 2.75) is 32.8 Å². The zero-order valence-electron chi connectivity index (χ0n) is 15.6. The van der Waals surface area contributed by atoms with Crippen LogP contribution in [0.3, 0.4) is 0 Å². The third kappa shape index (κ3) is 6.06. The fraction of sp³-hybridized carbons (Fsp3) is 0.350. The summed E-state index contributed by atoms with van der Waals surface area (Å²) in [6.45, 7) is 4.74.